The Morgan fingerprint density at radius 2 is 1.79 bits per heavy atom. The van der Waals surface area contributed by atoms with Crippen molar-refractivity contribution in [3.05, 3.63) is 74.8 Å². The third-order valence-electron chi connectivity index (χ3n) is 7.13. The van der Waals surface area contributed by atoms with Gasteiger partial charge in [0.25, 0.3) is 5.56 Å². The molecule has 9 heteroatoms. The van der Waals surface area contributed by atoms with E-state index in [1.807, 2.05) is 35.9 Å². The molecule has 0 aliphatic rings. The number of ether oxygens (including phenoxy) is 2. The van der Waals surface area contributed by atoms with Crippen LogP contribution in [-0.4, -0.2) is 50.9 Å². The summed E-state index contributed by atoms with van der Waals surface area (Å²) in [6.07, 6.45) is 1.53. The van der Waals surface area contributed by atoms with Crippen LogP contribution in [0.2, 0.25) is 0 Å². The van der Waals surface area contributed by atoms with Crippen molar-refractivity contribution in [2.45, 2.75) is 72.5 Å². The SMILES string of the molecule is CC[C@@H](c1nnnn1C(C)(C)C)N(CCc1ccc(OC)c(OC)c1)Cc1cc2cc(C)cc(C)c2[nH]c1=O. The fourth-order valence-electron chi connectivity index (χ4n) is 5.21. The molecule has 1 N–H and O–H groups in total. The number of hydrogen-bond acceptors (Lipinski definition) is 7. The number of aryl methyl sites for hydroxylation is 2. The first kappa shape index (κ1) is 28.3. The van der Waals surface area contributed by atoms with E-state index in [1.165, 1.54) is 5.56 Å². The highest BCUT2D eigenvalue weighted by atomic mass is 16.5. The van der Waals surface area contributed by atoms with E-state index in [2.05, 4.69) is 72.2 Å². The van der Waals surface area contributed by atoms with Crippen molar-refractivity contribution in [3.8, 4) is 11.5 Å². The second kappa shape index (κ2) is 11.6. The van der Waals surface area contributed by atoms with Gasteiger partial charge >= 0.3 is 0 Å². The van der Waals surface area contributed by atoms with E-state index < -0.39 is 0 Å². The number of aromatic amines is 1. The van der Waals surface area contributed by atoms with Crippen LogP contribution in [0.3, 0.4) is 0 Å². The van der Waals surface area contributed by atoms with Crippen LogP contribution < -0.4 is 15.0 Å². The predicted molar refractivity (Wildman–Crippen MR) is 154 cm³/mol. The fraction of sp³-hybridized carbons (Fsp3) is 0.467. The Bertz CT molecular complexity index is 1500. The number of nitrogens with zero attached hydrogens (tertiary/aromatic N) is 5. The summed E-state index contributed by atoms with van der Waals surface area (Å²) in [6.45, 7) is 13.7. The number of methoxy groups -OCH3 is 2. The Balaban J connectivity index is 1.74. The minimum atomic E-state index is -0.281. The summed E-state index contributed by atoms with van der Waals surface area (Å²) >= 11 is 0. The van der Waals surface area contributed by atoms with Crippen molar-refractivity contribution in [2.75, 3.05) is 20.8 Å². The first-order valence-electron chi connectivity index (χ1n) is 13.4. The number of fused-ring (bicyclic) bond motifs is 1. The van der Waals surface area contributed by atoms with Crippen LogP contribution in [0.1, 0.15) is 68.2 Å². The van der Waals surface area contributed by atoms with E-state index in [9.17, 15) is 4.79 Å². The quantitative estimate of drug-likeness (QED) is 0.303. The van der Waals surface area contributed by atoms with Crippen LogP contribution in [0.25, 0.3) is 10.9 Å². The van der Waals surface area contributed by atoms with Crippen molar-refractivity contribution in [1.29, 1.82) is 0 Å². The van der Waals surface area contributed by atoms with E-state index in [1.54, 1.807) is 14.2 Å². The zero-order valence-corrected chi connectivity index (χ0v) is 24.3. The van der Waals surface area contributed by atoms with Gasteiger partial charge in [0, 0.05) is 18.7 Å². The molecule has 9 nitrogen and oxygen atoms in total. The van der Waals surface area contributed by atoms with Crippen molar-refractivity contribution in [1.82, 2.24) is 30.1 Å². The average Bonchev–Trinajstić information content (AvgIpc) is 3.38. The second-order valence-corrected chi connectivity index (χ2v) is 11.1. The molecule has 4 rings (SSSR count). The summed E-state index contributed by atoms with van der Waals surface area (Å²) in [5.74, 6) is 2.19. The van der Waals surface area contributed by atoms with E-state index in [4.69, 9.17) is 9.47 Å². The van der Waals surface area contributed by atoms with E-state index in [0.29, 0.717) is 30.2 Å². The number of rotatable bonds is 10. The predicted octanol–water partition coefficient (Wildman–Crippen LogP) is 5.10. The molecule has 0 unspecified atom stereocenters. The molecule has 4 aromatic rings. The van der Waals surface area contributed by atoms with Crippen LogP contribution in [0.4, 0.5) is 0 Å². The van der Waals surface area contributed by atoms with E-state index in [0.717, 1.165) is 40.7 Å². The van der Waals surface area contributed by atoms with Gasteiger partial charge in [0.2, 0.25) is 0 Å². The number of aromatic nitrogens is 5. The Labute approximate surface area is 230 Å². The number of nitrogens with one attached hydrogen (secondary N) is 1. The number of hydrogen-bond donors (Lipinski definition) is 1. The van der Waals surface area contributed by atoms with Crippen LogP contribution in [0, 0.1) is 13.8 Å². The van der Waals surface area contributed by atoms with Gasteiger partial charge in [-0.05, 0) is 98.7 Å². The molecule has 0 amide bonds. The maximum absolute atomic E-state index is 13.3. The molecule has 0 saturated heterocycles. The van der Waals surface area contributed by atoms with E-state index in [-0.39, 0.29) is 17.1 Å². The lowest BCUT2D eigenvalue weighted by atomic mass is 10.0. The third kappa shape index (κ3) is 6.14. The van der Waals surface area contributed by atoms with E-state index >= 15 is 0 Å². The van der Waals surface area contributed by atoms with Crippen molar-refractivity contribution in [2.24, 2.45) is 0 Å². The molecule has 208 valence electrons. The lowest BCUT2D eigenvalue weighted by Crippen LogP contribution is -2.36. The molecule has 0 spiro atoms. The van der Waals surface area contributed by atoms with Gasteiger partial charge in [0.05, 0.1) is 31.3 Å². The molecule has 39 heavy (non-hydrogen) atoms. The highest BCUT2D eigenvalue weighted by Gasteiger charge is 2.29. The Morgan fingerprint density at radius 3 is 2.46 bits per heavy atom. The first-order chi connectivity index (χ1) is 18.5. The zero-order valence-electron chi connectivity index (χ0n) is 24.3. The monoisotopic (exact) mass is 532 g/mol. The molecular weight excluding hydrogens is 492 g/mol. The Kier molecular flexibility index (Phi) is 8.39. The first-order valence-corrected chi connectivity index (χ1v) is 13.4. The van der Waals surface area contributed by atoms with Gasteiger partial charge in [-0.25, -0.2) is 4.68 Å². The maximum atomic E-state index is 13.3. The number of H-pyrrole nitrogens is 1. The zero-order chi connectivity index (χ0) is 28.3. The topological polar surface area (TPSA) is 98.2 Å². The highest BCUT2D eigenvalue weighted by Crippen LogP contribution is 2.30. The third-order valence-corrected chi connectivity index (χ3v) is 7.13. The molecule has 0 bridgehead atoms. The summed E-state index contributed by atoms with van der Waals surface area (Å²) in [5.41, 5.74) is 4.59. The largest absolute Gasteiger partial charge is 0.493 e. The fourth-order valence-corrected chi connectivity index (χ4v) is 5.21. The molecule has 2 aromatic carbocycles. The lowest BCUT2D eigenvalue weighted by molar-refractivity contribution is 0.163. The van der Waals surface area contributed by atoms with Gasteiger partial charge in [-0.1, -0.05) is 24.6 Å². The summed E-state index contributed by atoms with van der Waals surface area (Å²) in [7, 11) is 3.28. The van der Waals surface area contributed by atoms with Crippen LogP contribution in [0.5, 0.6) is 11.5 Å². The smallest absolute Gasteiger partial charge is 0.252 e. The molecule has 0 aliphatic heterocycles. The molecule has 2 aromatic heterocycles. The molecule has 0 fully saturated rings. The van der Waals surface area contributed by atoms with Gasteiger partial charge < -0.3 is 14.5 Å². The van der Waals surface area contributed by atoms with Gasteiger partial charge in [-0.15, -0.1) is 5.10 Å². The normalized spacial score (nSPS) is 12.7. The molecular formula is C30H40N6O3. The second-order valence-electron chi connectivity index (χ2n) is 11.1. The molecule has 0 radical (unpaired) electrons. The maximum Gasteiger partial charge on any atom is 0.252 e. The summed E-state index contributed by atoms with van der Waals surface area (Å²) in [4.78, 5) is 18.7. The van der Waals surface area contributed by atoms with Crippen molar-refractivity contribution >= 4 is 10.9 Å². The van der Waals surface area contributed by atoms with Crippen LogP contribution in [-0.2, 0) is 18.5 Å². The highest BCUT2D eigenvalue weighted by molar-refractivity contribution is 5.82. The Morgan fingerprint density at radius 1 is 1.05 bits per heavy atom. The van der Waals surface area contributed by atoms with Gasteiger partial charge in [-0.2, -0.15) is 0 Å². The molecule has 1 atom stereocenters. The number of benzene rings is 2. The standard InChI is InChI=1S/C30H40N6O3/c1-9-24(28-32-33-34-36(28)30(4,5)6)35(13-12-21-10-11-25(38-7)26(16-21)39-8)18-23-17-22-15-19(2)14-20(3)27(22)31-29(23)37/h10-11,14-17,24H,9,12-13,18H2,1-8H3,(H,31,37)/t24-/m0/s1. The summed E-state index contributed by atoms with van der Waals surface area (Å²) in [5, 5.41) is 13.8. The number of pyridine rings is 1. The van der Waals surface area contributed by atoms with Crippen LogP contribution >= 0.6 is 0 Å². The van der Waals surface area contributed by atoms with Gasteiger partial charge in [0.1, 0.15) is 0 Å². The van der Waals surface area contributed by atoms with Gasteiger partial charge in [-0.3, -0.25) is 9.69 Å². The lowest BCUT2D eigenvalue weighted by Gasteiger charge is -2.32. The summed E-state index contributed by atoms with van der Waals surface area (Å²) < 4.78 is 12.8. The molecule has 0 saturated carbocycles. The minimum absolute atomic E-state index is 0.0733. The Hall–Kier alpha value is -3.72. The van der Waals surface area contributed by atoms with Crippen molar-refractivity contribution < 1.29 is 9.47 Å². The van der Waals surface area contributed by atoms with Gasteiger partial charge in [0.15, 0.2) is 17.3 Å². The number of tetrazole rings is 1. The minimum Gasteiger partial charge on any atom is -0.493 e. The molecule has 2 heterocycles. The van der Waals surface area contributed by atoms with Crippen molar-refractivity contribution in [3.63, 3.8) is 0 Å². The van der Waals surface area contributed by atoms with Crippen LogP contribution in [0.15, 0.2) is 41.2 Å². The average molecular weight is 533 g/mol. The summed E-state index contributed by atoms with van der Waals surface area (Å²) in [6, 6.07) is 12.1. The molecule has 0 aliphatic carbocycles.